The number of rotatable bonds is 6. The van der Waals surface area contributed by atoms with Crippen LogP contribution < -0.4 is 5.32 Å². The summed E-state index contributed by atoms with van der Waals surface area (Å²) in [7, 11) is 0. The van der Waals surface area contributed by atoms with Crippen molar-refractivity contribution >= 4 is 17.9 Å². The second-order valence-corrected chi connectivity index (χ2v) is 9.31. The highest BCUT2D eigenvalue weighted by Gasteiger charge is 2.23. The van der Waals surface area contributed by atoms with Crippen molar-refractivity contribution in [2.45, 2.75) is 45.6 Å². The molecule has 0 bridgehead atoms. The van der Waals surface area contributed by atoms with E-state index in [0.29, 0.717) is 17.1 Å². The lowest BCUT2D eigenvalue weighted by Gasteiger charge is -2.15. The van der Waals surface area contributed by atoms with Crippen molar-refractivity contribution in [1.29, 1.82) is 0 Å². The number of aryl methyl sites for hydroxylation is 2. The van der Waals surface area contributed by atoms with Crippen LogP contribution in [-0.2, 0) is 4.74 Å². The zero-order valence-corrected chi connectivity index (χ0v) is 21.5. The Kier molecular flexibility index (Phi) is 8.11. The van der Waals surface area contributed by atoms with Crippen molar-refractivity contribution in [3.63, 3.8) is 0 Å². The van der Waals surface area contributed by atoms with Gasteiger partial charge in [-0.1, -0.05) is 83.5 Å². The summed E-state index contributed by atoms with van der Waals surface area (Å²) in [4.78, 5) is 21.2. The van der Waals surface area contributed by atoms with Crippen LogP contribution in [0, 0.1) is 13.8 Å². The maximum atomic E-state index is 12.6. The molecule has 0 spiro atoms. The van der Waals surface area contributed by atoms with E-state index in [9.17, 15) is 4.79 Å². The van der Waals surface area contributed by atoms with Gasteiger partial charge in [0.05, 0.1) is 0 Å². The third-order valence-electron chi connectivity index (χ3n) is 6.34. The number of aromatic nitrogens is 1. The summed E-state index contributed by atoms with van der Waals surface area (Å²) < 4.78 is 11.0. The Hall–Kier alpha value is -4.59. The molecule has 1 aliphatic rings. The largest absolute Gasteiger partial charge is 0.503 e. The summed E-state index contributed by atoms with van der Waals surface area (Å²) in [6.07, 6.45) is -0.150. The number of hydrogen-bond acceptors (Lipinski definition) is 5. The molecule has 1 aromatic heterocycles. The second kappa shape index (κ2) is 11.6. The van der Waals surface area contributed by atoms with E-state index in [1.54, 1.807) is 6.92 Å². The van der Waals surface area contributed by atoms with E-state index in [1.165, 1.54) is 24.0 Å². The number of carboxylic acid groups (broad SMARTS) is 2. The molecular weight excluding hydrogens is 484 g/mol. The van der Waals surface area contributed by atoms with E-state index in [2.05, 4.69) is 46.9 Å². The van der Waals surface area contributed by atoms with Crippen molar-refractivity contribution in [2.24, 2.45) is 0 Å². The van der Waals surface area contributed by atoms with Crippen LogP contribution >= 0.6 is 0 Å². The molecule has 0 unspecified atom stereocenters. The number of carbonyl (C=O) groups is 2. The molecule has 1 saturated carbocycles. The molecule has 4 aromatic rings. The number of hydrogen-bond donors (Lipinski definition) is 3. The molecule has 38 heavy (non-hydrogen) atoms. The lowest BCUT2D eigenvalue weighted by Crippen LogP contribution is -2.16. The Balaban J connectivity index is 0.000000786. The summed E-state index contributed by atoms with van der Waals surface area (Å²) >= 11 is 0. The first-order valence-electron chi connectivity index (χ1n) is 12.3. The van der Waals surface area contributed by atoms with E-state index >= 15 is 0 Å². The number of nitrogens with zero attached hydrogens (tertiary/aromatic N) is 1. The summed E-state index contributed by atoms with van der Waals surface area (Å²) in [5, 5.41) is 21.0. The van der Waals surface area contributed by atoms with Crippen LogP contribution in [-0.4, -0.2) is 27.6 Å². The molecule has 1 aliphatic carbocycles. The minimum Gasteiger partial charge on any atom is -0.450 e. The highest BCUT2D eigenvalue weighted by Crippen LogP contribution is 2.40. The van der Waals surface area contributed by atoms with Gasteiger partial charge in [-0.05, 0) is 61.8 Å². The predicted molar refractivity (Wildman–Crippen MR) is 144 cm³/mol. The number of amides is 1. The highest BCUT2D eigenvalue weighted by atomic mass is 16.6. The maximum absolute atomic E-state index is 12.6. The van der Waals surface area contributed by atoms with E-state index in [0.717, 1.165) is 28.2 Å². The molecule has 5 rings (SSSR count). The van der Waals surface area contributed by atoms with Gasteiger partial charge in [-0.3, -0.25) is 5.32 Å². The first kappa shape index (κ1) is 26.5. The van der Waals surface area contributed by atoms with Crippen molar-refractivity contribution in [1.82, 2.24) is 5.16 Å². The molecule has 1 heterocycles. The zero-order chi connectivity index (χ0) is 27.2. The van der Waals surface area contributed by atoms with Gasteiger partial charge >= 0.3 is 12.2 Å². The molecule has 1 amide bonds. The van der Waals surface area contributed by atoms with Crippen LogP contribution in [0.25, 0.3) is 22.4 Å². The van der Waals surface area contributed by atoms with Gasteiger partial charge in [0.15, 0.2) is 5.76 Å². The van der Waals surface area contributed by atoms with Crippen LogP contribution in [0.15, 0.2) is 77.3 Å². The summed E-state index contributed by atoms with van der Waals surface area (Å²) in [5.41, 5.74) is 7.75. The molecule has 1 atom stereocenters. The number of nitrogens with one attached hydrogen (secondary N) is 1. The van der Waals surface area contributed by atoms with Crippen LogP contribution in [0.5, 0.6) is 0 Å². The van der Waals surface area contributed by atoms with Gasteiger partial charge in [0.25, 0.3) is 0 Å². The molecule has 3 N–H and O–H groups in total. The molecule has 1 fully saturated rings. The summed E-state index contributed by atoms with van der Waals surface area (Å²) in [6, 6.07) is 24.9. The van der Waals surface area contributed by atoms with Crippen LogP contribution in [0.1, 0.15) is 54.2 Å². The van der Waals surface area contributed by atoms with Gasteiger partial charge in [-0.25, -0.2) is 9.59 Å². The van der Waals surface area contributed by atoms with E-state index < -0.39 is 12.2 Å². The fourth-order valence-corrected chi connectivity index (χ4v) is 4.18. The molecule has 0 radical (unpaired) electrons. The minimum atomic E-state index is -1.83. The van der Waals surface area contributed by atoms with Crippen molar-refractivity contribution < 1.29 is 29.1 Å². The first-order valence-corrected chi connectivity index (χ1v) is 12.3. The molecule has 0 saturated heterocycles. The summed E-state index contributed by atoms with van der Waals surface area (Å²) in [5.74, 6) is 1.28. The monoisotopic (exact) mass is 514 g/mol. The average molecular weight is 515 g/mol. The smallest absolute Gasteiger partial charge is 0.450 e. The fourth-order valence-electron chi connectivity index (χ4n) is 4.18. The SMILES string of the molecule is Cc1cccc([C@@H](C)OC(=O)Nc2c(-c3ccc(-c4ccc(C5CC5)cc4)cc3)noc2C)c1.O=C(O)O. The fraction of sp³-hybridized carbons (Fsp3) is 0.233. The number of benzene rings is 3. The third kappa shape index (κ3) is 6.79. The quantitative estimate of drug-likeness (QED) is 0.238. The molecule has 8 heteroatoms. The number of anilines is 1. The van der Waals surface area contributed by atoms with Gasteiger partial charge in [-0.15, -0.1) is 0 Å². The van der Waals surface area contributed by atoms with Crippen LogP contribution in [0.3, 0.4) is 0 Å². The Morgan fingerprint density at radius 2 is 1.53 bits per heavy atom. The highest BCUT2D eigenvalue weighted by molar-refractivity contribution is 5.91. The van der Waals surface area contributed by atoms with Crippen LogP contribution in [0.2, 0.25) is 0 Å². The topological polar surface area (TPSA) is 122 Å². The van der Waals surface area contributed by atoms with Crippen molar-refractivity contribution in [3.05, 3.63) is 95.2 Å². The molecule has 8 nitrogen and oxygen atoms in total. The lowest BCUT2D eigenvalue weighted by atomic mass is 10.00. The Labute approximate surface area is 220 Å². The molecule has 3 aromatic carbocycles. The Morgan fingerprint density at radius 3 is 2.11 bits per heavy atom. The van der Waals surface area contributed by atoms with Gasteiger partial charge in [0.1, 0.15) is 17.5 Å². The van der Waals surface area contributed by atoms with Gasteiger partial charge < -0.3 is 19.5 Å². The van der Waals surface area contributed by atoms with Gasteiger partial charge in [0.2, 0.25) is 0 Å². The number of carbonyl (C=O) groups excluding carboxylic acids is 1. The van der Waals surface area contributed by atoms with Gasteiger partial charge in [-0.2, -0.15) is 0 Å². The average Bonchev–Trinajstić information content (AvgIpc) is 3.68. The van der Waals surface area contributed by atoms with E-state index in [4.69, 9.17) is 24.3 Å². The molecular formula is C30H30N2O6. The summed E-state index contributed by atoms with van der Waals surface area (Å²) in [6.45, 7) is 5.63. The molecule has 0 aliphatic heterocycles. The standard InChI is InChI=1S/C29H28N2O3.CH2O3/c1-18-5-4-6-26(17-18)19(2)33-29(32)30-27-20(3)34-31-28(27)25-15-13-24(14-16-25)23-11-9-22(10-12-23)21-7-8-21;2-1(3)4/h4-6,9-17,19,21H,7-8H2,1-3H3,(H,30,32);(H2,2,3,4)/t19-;/m1./s1. The number of ether oxygens (including phenoxy) is 1. The Bertz CT molecular complexity index is 1400. The van der Waals surface area contributed by atoms with Gasteiger partial charge in [0, 0.05) is 5.56 Å². The maximum Gasteiger partial charge on any atom is 0.503 e. The molecule has 196 valence electrons. The first-order chi connectivity index (χ1) is 18.2. The van der Waals surface area contributed by atoms with Crippen molar-refractivity contribution in [2.75, 3.05) is 5.32 Å². The normalized spacial score (nSPS) is 13.1. The lowest BCUT2D eigenvalue weighted by molar-refractivity contribution is 0.121. The Morgan fingerprint density at radius 1 is 0.947 bits per heavy atom. The van der Waals surface area contributed by atoms with Crippen LogP contribution in [0.4, 0.5) is 15.3 Å². The van der Waals surface area contributed by atoms with E-state index in [-0.39, 0.29) is 6.10 Å². The predicted octanol–water partition coefficient (Wildman–Crippen LogP) is 8.03. The third-order valence-corrected chi connectivity index (χ3v) is 6.34. The minimum absolute atomic E-state index is 0.380. The van der Waals surface area contributed by atoms with E-state index in [1.807, 2.05) is 50.2 Å². The second-order valence-electron chi connectivity index (χ2n) is 9.31. The van der Waals surface area contributed by atoms with Crippen molar-refractivity contribution in [3.8, 4) is 22.4 Å². The zero-order valence-electron chi connectivity index (χ0n) is 21.5.